The van der Waals surface area contributed by atoms with E-state index in [0.29, 0.717) is 12.4 Å². The van der Waals surface area contributed by atoms with Crippen molar-refractivity contribution in [3.05, 3.63) is 29.5 Å². The molecule has 1 aromatic heterocycles. The van der Waals surface area contributed by atoms with Crippen molar-refractivity contribution in [3.63, 3.8) is 0 Å². The summed E-state index contributed by atoms with van der Waals surface area (Å²) in [6, 6.07) is 1.81. The summed E-state index contributed by atoms with van der Waals surface area (Å²) < 4.78 is 0. The lowest BCUT2D eigenvalue weighted by molar-refractivity contribution is -0.131. The maximum Gasteiger partial charge on any atom is 0.328 e. The van der Waals surface area contributed by atoms with Gasteiger partial charge in [0.2, 0.25) is 5.91 Å². The van der Waals surface area contributed by atoms with Crippen molar-refractivity contribution < 1.29 is 14.7 Å². The molecule has 1 aromatic rings. The van der Waals surface area contributed by atoms with Crippen molar-refractivity contribution in [2.75, 3.05) is 11.9 Å². The largest absolute Gasteiger partial charge is 0.478 e. The standard InChI is InChI=1S/C14H15N3O3.ClH/c18-12(19)4-3-9-6-10-8-17-5-1-2-11(17)14(20)16-13(10)15-7-9;/h3-4,6-7,11H,1-2,5,8H2,(H,18,19)(H,15,16,20);1H/t11-;/m0./s1. The molecule has 1 amide bonds. The van der Waals surface area contributed by atoms with E-state index >= 15 is 0 Å². The zero-order chi connectivity index (χ0) is 14.1. The molecule has 0 spiro atoms. The highest BCUT2D eigenvalue weighted by molar-refractivity contribution is 5.95. The molecule has 1 fully saturated rings. The molecular formula is C14H16ClN3O3. The number of hydrogen-bond acceptors (Lipinski definition) is 4. The van der Waals surface area contributed by atoms with Crippen molar-refractivity contribution >= 4 is 36.2 Å². The lowest BCUT2D eigenvalue weighted by Gasteiger charge is -2.19. The van der Waals surface area contributed by atoms with Crippen molar-refractivity contribution in [1.82, 2.24) is 9.88 Å². The second kappa shape index (κ2) is 6.24. The lowest BCUT2D eigenvalue weighted by atomic mass is 10.1. The normalized spacial score (nSPS) is 21.1. The number of hydrogen-bond donors (Lipinski definition) is 2. The van der Waals surface area contributed by atoms with E-state index in [2.05, 4.69) is 15.2 Å². The van der Waals surface area contributed by atoms with Crippen molar-refractivity contribution in [2.24, 2.45) is 0 Å². The fourth-order valence-electron chi connectivity index (χ4n) is 2.75. The van der Waals surface area contributed by atoms with E-state index in [1.165, 1.54) is 6.08 Å². The van der Waals surface area contributed by atoms with E-state index < -0.39 is 5.97 Å². The summed E-state index contributed by atoms with van der Waals surface area (Å²) in [6.45, 7) is 1.58. The third-order valence-electron chi connectivity index (χ3n) is 3.69. The number of pyridine rings is 1. The molecule has 0 unspecified atom stereocenters. The number of fused-ring (bicyclic) bond motifs is 2. The molecule has 0 saturated carbocycles. The lowest BCUT2D eigenvalue weighted by Crippen LogP contribution is -2.36. The van der Waals surface area contributed by atoms with Crippen LogP contribution in [-0.2, 0) is 16.1 Å². The summed E-state index contributed by atoms with van der Waals surface area (Å²) in [6.07, 6.45) is 6.06. The quantitative estimate of drug-likeness (QED) is 0.809. The Balaban J connectivity index is 0.00000161. The smallest absolute Gasteiger partial charge is 0.328 e. The zero-order valence-corrected chi connectivity index (χ0v) is 12.1. The Hall–Kier alpha value is -1.92. The van der Waals surface area contributed by atoms with Gasteiger partial charge >= 0.3 is 5.97 Å². The average molecular weight is 310 g/mol. The van der Waals surface area contributed by atoms with Gasteiger partial charge in [0.25, 0.3) is 0 Å². The summed E-state index contributed by atoms with van der Waals surface area (Å²) in [7, 11) is 0. The second-order valence-corrected chi connectivity index (χ2v) is 5.07. The molecule has 1 saturated heterocycles. The van der Waals surface area contributed by atoms with Gasteiger partial charge in [0.1, 0.15) is 5.82 Å². The van der Waals surface area contributed by atoms with Crippen LogP contribution in [0.15, 0.2) is 18.3 Å². The van der Waals surface area contributed by atoms with Gasteiger partial charge in [0.05, 0.1) is 6.04 Å². The Morgan fingerprint density at radius 2 is 2.33 bits per heavy atom. The summed E-state index contributed by atoms with van der Waals surface area (Å²) >= 11 is 0. The van der Waals surface area contributed by atoms with Crippen LogP contribution in [0.4, 0.5) is 5.82 Å². The number of halogens is 1. The summed E-state index contributed by atoms with van der Waals surface area (Å²) in [5.74, 6) is -0.410. The van der Waals surface area contributed by atoms with Crippen molar-refractivity contribution in [2.45, 2.75) is 25.4 Å². The van der Waals surface area contributed by atoms with Crippen LogP contribution < -0.4 is 5.32 Å². The van der Waals surface area contributed by atoms with E-state index in [4.69, 9.17) is 5.11 Å². The number of rotatable bonds is 2. The molecule has 0 aliphatic carbocycles. The first kappa shape index (κ1) is 15.5. The third-order valence-corrected chi connectivity index (χ3v) is 3.69. The van der Waals surface area contributed by atoms with Gasteiger partial charge in [0.15, 0.2) is 0 Å². The van der Waals surface area contributed by atoms with Crippen molar-refractivity contribution in [1.29, 1.82) is 0 Å². The van der Waals surface area contributed by atoms with Gasteiger partial charge in [-0.25, -0.2) is 9.78 Å². The van der Waals surface area contributed by atoms with E-state index in [-0.39, 0.29) is 24.4 Å². The monoisotopic (exact) mass is 309 g/mol. The Morgan fingerprint density at radius 1 is 1.52 bits per heavy atom. The van der Waals surface area contributed by atoms with E-state index in [0.717, 1.165) is 36.6 Å². The van der Waals surface area contributed by atoms with Crippen LogP contribution in [0.1, 0.15) is 24.0 Å². The minimum Gasteiger partial charge on any atom is -0.478 e. The number of aliphatic carboxylic acids is 1. The maximum atomic E-state index is 12.1. The molecule has 0 radical (unpaired) electrons. The number of nitrogens with one attached hydrogen (secondary N) is 1. The number of anilines is 1. The van der Waals surface area contributed by atoms with Crippen LogP contribution in [0.5, 0.6) is 0 Å². The van der Waals surface area contributed by atoms with E-state index in [9.17, 15) is 9.59 Å². The molecule has 21 heavy (non-hydrogen) atoms. The Labute approximate surface area is 128 Å². The Bertz CT molecular complexity index is 603. The average Bonchev–Trinajstić information content (AvgIpc) is 2.82. The van der Waals surface area contributed by atoms with Gasteiger partial charge in [0, 0.05) is 24.4 Å². The molecule has 6 nitrogen and oxygen atoms in total. The molecule has 2 N–H and O–H groups in total. The third kappa shape index (κ3) is 3.22. The van der Waals surface area contributed by atoms with Crippen molar-refractivity contribution in [3.8, 4) is 0 Å². The predicted molar refractivity (Wildman–Crippen MR) is 80.2 cm³/mol. The van der Waals surface area contributed by atoms with Crippen LogP contribution in [0.25, 0.3) is 6.08 Å². The number of amides is 1. The highest BCUT2D eigenvalue weighted by atomic mass is 35.5. The number of carbonyl (C=O) groups is 2. The van der Waals surface area contributed by atoms with Crippen LogP contribution >= 0.6 is 12.4 Å². The van der Waals surface area contributed by atoms with Gasteiger partial charge in [-0.05, 0) is 37.1 Å². The molecule has 3 heterocycles. The molecular weight excluding hydrogens is 294 g/mol. The number of carboxylic acid groups (broad SMARTS) is 1. The molecule has 7 heteroatoms. The molecule has 112 valence electrons. The molecule has 0 aromatic carbocycles. The van der Waals surface area contributed by atoms with Crippen LogP contribution in [0.2, 0.25) is 0 Å². The topological polar surface area (TPSA) is 82.5 Å². The molecule has 3 rings (SSSR count). The Kier molecular flexibility index (Phi) is 4.59. The summed E-state index contributed by atoms with van der Waals surface area (Å²) in [5, 5.41) is 11.5. The fourth-order valence-corrected chi connectivity index (χ4v) is 2.75. The van der Waals surface area contributed by atoms with Crippen LogP contribution in [0, 0.1) is 0 Å². The number of nitrogens with zero attached hydrogens (tertiary/aromatic N) is 2. The first-order valence-corrected chi connectivity index (χ1v) is 6.58. The van der Waals surface area contributed by atoms with Gasteiger partial charge in [-0.3, -0.25) is 9.69 Å². The van der Waals surface area contributed by atoms with E-state index in [1.807, 2.05) is 6.07 Å². The summed E-state index contributed by atoms with van der Waals surface area (Å²) in [4.78, 5) is 29.0. The van der Waals surface area contributed by atoms with Crippen LogP contribution in [0.3, 0.4) is 0 Å². The predicted octanol–water partition coefficient (Wildman–Crippen LogP) is 1.52. The zero-order valence-electron chi connectivity index (χ0n) is 11.3. The molecule has 2 aliphatic heterocycles. The maximum absolute atomic E-state index is 12.1. The van der Waals surface area contributed by atoms with E-state index in [1.54, 1.807) is 6.20 Å². The highest BCUT2D eigenvalue weighted by Crippen LogP contribution is 2.27. The van der Waals surface area contributed by atoms with Gasteiger partial charge in [-0.2, -0.15) is 0 Å². The van der Waals surface area contributed by atoms with Gasteiger partial charge in [-0.15, -0.1) is 12.4 Å². The molecule has 1 atom stereocenters. The fraction of sp³-hybridized carbons (Fsp3) is 0.357. The second-order valence-electron chi connectivity index (χ2n) is 5.07. The first-order valence-electron chi connectivity index (χ1n) is 6.58. The highest BCUT2D eigenvalue weighted by Gasteiger charge is 2.34. The number of carboxylic acids is 1. The first-order chi connectivity index (χ1) is 9.63. The minimum absolute atomic E-state index is 0. The summed E-state index contributed by atoms with van der Waals surface area (Å²) in [5.41, 5.74) is 1.65. The molecule has 0 bridgehead atoms. The molecule has 2 aliphatic rings. The Morgan fingerprint density at radius 3 is 3.10 bits per heavy atom. The van der Waals surface area contributed by atoms with Gasteiger partial charge < -0.3 is 10.4 Å². The van der Waals surface area contributed by atoms with Crippen LogP contribution in [-0.4, -0.2) is 39.5 Å². The number of carbonyl (C=O) groups excluding carboxylic acids is 1. The number of aromatic nitrogens is 1. The SMILES string of the molecule is Cl.O=C(O)C=Cc1cnc2c(c1)CN1CCC[C@H]1C(=O)N2. The minimum atomic E-state index is -0.993. The van der Waals surface area contributed by atoms with Gasteiger partial charge in [-0.1, -0.05) is 0 Å².